The highest BCUT2D eigenvalue weighted by Gasteiger charge is 2.11. The summed E-state index contributed by atoms with van der Waals surface area (Å²) < 4.78 is 25.9. The molecule has 75 valence electrons. The highest BCUT2D eigenvalue weighted by Crippen LogP contribution is 2.26. The molecule has 2 rings (SSSR count). The van der Waals surface area contributed by atoms with Gasteiger partial charge in [-0.1, -0.05) is 11.6 Å². The summed E-state index contributed by atoms with van der Waals surface area (Å²) in [6, 6.07) is 2.24. The third-order valence-electron chi connectivity index (χ3n) is 1.78. The SMILES string of the molecule is Fc1cnc(-c2ccn[c]c2Cl)c(F)c1. The number of rotatable bonds is 1. The van der Waals surface area contributed by atoms with E-state index in [1.165, 1.54) is 12.3 Å². The van der Waals surface area contributed by atoms with E-state index in [-0.39, 0.29) is 10.7 Å². The molecule has 0 saturated heterocycles. The average molecular weight is 226 g/mol. The molecule has 2 heterocycles. The second-order valence-corrected chi connectivity index (χ2v) is 3.15. The molecule has 2 nitrogen and oxygen atoms in total. The number of hydrogen-bond donors (Lipinski definition) is 0. The highest BCUT2D eigenvalue weighted by molar-refractivity contribution is 6.32. The fourth-order valence-electron chi connectivity index (χ4n) is 1.13. The van der Waals surface area contributed by atoms with E-state index in [1.54, 1.807) is 0 Å². The van der Waals surface area contributed by atoms with E-state index < -0.39 is 11.6 Å². The van der Waals surface area contributed by atoms with E-state index in [0.717, 1.165) is 12.3 Å². The van der Waals surface area contributed by atoms with Gasteiger partial charge in [-0.25, -0.2) is 8.78 Å². The molecule has 0 aliphatic rings. The predicted molar refractivity (Wildman–Crippen MR) is 51.2 cm³/mol. The first-order valence-corrected chi connectivity index (χ1v) is 4.40. The van der Waals surface area contributed by atoms with Crippen LogP contribution < -0.4 is 0 Å². The van der Waals surface area contributed by atoms with Crippen LogP contribution in [0.25, 0.3) is 11.3 Å². The summed E-state index contributed by atoms with van der Waals surface area (Å²) in [6.07, 6.45) is 4.79. The zero-order valence-electron chi connectivity index (χ0n) is 7.34. The molecule has 0 spiro atoms. The summed E-state index contributed by atoms with van der Waals surface area (Å²) >= 11 is 5.75. The molecule has 0 fully saturated rings. The Bertz CT molecular complexity index is 503. The molecule has 0 N–H and O–H groups in total. The Morgan fingerprint density at radius 2 is 2.13 bits per heavy atom. The molecule has 0 aliphatic heterocycles. The second-order valence-electron chi connectivity index (χ2n) is 2.77. The van der Waals surface area contributed by atoms with Gasteiger partial charge in [0.2, 0.25) is 0 Å². The standard InChI is InChI=1S/C10H4ClF2N2/c11-8-5-14-2-1-7(8)10-9(13)3-6(12)4-15-10/h1-4H. The summed E-state index contributed by atoms with van der Waals surface area (Å²) in [5, 5.41) is 0.149. The normalized spacial score (nSPS) is 10.3. The van der Waals surface area contributed by atoms with Crippen molar-refractivity contribution in [2.45, 2.75) is 0 Å². The van der Waals surface area contributed by atoms with E-state index in [2.05, 4.69) is 16.2 Å². The number of aromatic nitrogens is 2. The second kappa shape index (κ2) is 3.90. The van der Waals surface area contributed by atoms with Gasteiger partial charge in [-0.2, -0.15) is 0 Å². The van der Waals surface area contributed by atoms with Gasteiger partial charge in [0.25, 0.3) is 0 Å². The van der Waals surface area contributed by atoms with Crippen LogP contribution in [0.5, 0.6) is 0 Å². The quantitative estimate of drug-likeness (QED) is 0.746. The Morgan fingerprint density at radius 1 is 1.33 bits per heavy atom. The third-order valence-corrected chi connectivity index (χ3v) is 2.07. The molecular formula is C10H4ClF2N2. The molecule has 0 saturated carbocycles. The Hall–Kier alpha value is -1.55. The topological polar surface area (TPSA) is 25.8 Å². The summed E-state index contributed by atoms with van der Waals surface area (Å²) in [7, 11) is 0. The molecule has 0 bridgehead atoms. The first kappa shape index (κ1) is 9.98. The monoisotopic (exact) mass is 225 g/mol. The Kier molecular flexibility index (Phi) is 2.60. The Balaban J connectivity index is 2.60. The van der Waals surface area contributed by atoms with Crippen molar-refractivity contribution in [1.82, 2.24) is 9.97 Å². The van der Waals surface area contributed by atoms with Crippen LogP contribution in [0.3, 0.4) is 0 Å². The maximum Gasteiger partial charge on any atom is 0.152 e. The number of halogens is 3. The van der Waals surface area contributed by atoms with E-state index >= 15 is 0 Å². The molecule has 5 heteroatoms. The maximum atomic E-state index is 13.3. The Morgan fingerprint density at radius 3 is 2.80 bits per heavy atom. The van der Waals surface area contributed by atoms with Crippen molar-refractivity contribution in [3.8, 4) is 11.3 Å². The minimum Gasteiger partial charge on any atom is -0.253 e. The van der Waals surface area contributed by atoms with Crippen LogP contribution in [-0.4, -0.2) is 9.97 Å². The fraction of sp³-hybridized carbons (Fsp3) is 0. The molecule has 0 amide bonds. The molecule has 15 heavy (non-hydrogen) atoms. The lowest BCUT2D eigenvalue weighted by Crippen LogP contribution is -1.92. The molecule has 2 aromatic heterocycles. The summed E-state index contributed by atoms with van der Waals surface area (Å²) in [5.41, 5.74) is 0.323. The van der Waals surface area contributed by atoms with Crippen molar-refractivity contribution in [1.29, 1.82) is 0 Å². The summed E-state index contributed by atoms with van der Waals surface area (Å²) in [6.45, 7) is 0. The fourth-order valence-corrected chi connectivity index (χ4v) is 1.34. The van der Waals surface area contributed by atoms with Crippen molar-refractivity contribution in [2.24, 2.45) is 0 Å². The third kappa shape index (κ3) is 1.94. The van der Waals surface area contributed by atoms with Gasteiger partial charge >= 0.3 is 0 Å². The van der Waals surface area contributed by atoms with Crippen LogP contribution >= 0.6 is 11.6 Å². The van der Waals surface area contributed by atoms with E-state index in [9.17, 15) is 8.78 Å². The number of pyridine rings is 2. The first-order valence-electron chi connectivity index (χ1n) is 4.02. The smallest absolute Gasteiger partial charge is 0.152 e. The van der Waals surface area contributed by atoms with Crippen molar-refractivity contribution >= 4 is 11.6 Å². The average Bonchev–Trinajstić information content (AvgIpc) is 2.20. The maximum absolute atomic E-state index is 13.3. The van der Waals surface area contributed by atoms with Crippen LogP contribution in [0.15, 0.2) is 24.5 Å². The van der Waals surface area contributed by atoms with E-state index in [4.69, 9.17) is 11.6 Å². The van der Waals surface area contributed by atoms with Crippen molar-refractivity contribution in [3.05, 3.63) is 47.4 Å². The van der Waals surface area contributed by atoms with Gasteiger partial charge < -0.3 is 0 Å². The number of nitrogens with zero attached hydrogens (tertiary/aromatic N) is 2. The van der Waals surface area contributed by atoms with Gasteiger partial charge in [0.1, 0.15) is 17.7 Å². The zero-order valence-corrected chi connectivity index (χ0v) is 8.09. The van der Waals surface area contributed by atoms with Crippen LogP contribution in [0.4, 0.5) is 8.78 Å². The van der Waals surface area contributed by atoms with Gasteiger partial charge in [-0.05, 0) is 6.07 Å². The predicted octanol–water partition coefficient (Wildman–Crippen LogP) is 2.88. The molecule has 0 aromatic carbocycles. The lowest BCUT2D eigenvalue weighted by Gasteiger charge is -2.03. The van der Waals surface area contributed by atoms with E-state index in [1.807, 2.05) is 0 Å². The van der Waals surface area contributed by atoms with Gasteiger partial charge in [0, 0.05) is 17.8 Å². The highest BCUT2D eigenvalue weighted by atomic mass is 35.5. The largest absolute Gasteiger partial charge is 0.253 e. The van der Waals surface area contributed by atoms with Gasteiger partial charge in [-0.15, -0.1) is 0 Å². The van der Waals surface area contributed by atoms with Crippen molar-refractivity contribution < 1.29 is 8.78 Å². The lowest BCUT2D eigenvalue weighted by molar-refractivity contribution is 0.576. The minimum atomic E-state index is -0.767. The molecule has 0 atom stereocenters. The van der Waals surface area contributed by atoms with Gasteiger partial charge in [0.15, 0.2) is 5.82 Å². The molecular weight excluding hydrogens is 222 g/mol. The van der Waals surface area contributed by atoms with Gasteiger partial charge in [0.05, 0.1) is 11.2 Å². The molecule has 0 unspecified atom stereocenters. The van der Waals surface area contributed by atoms with Gasteiger partial charge in [-0.3, -0.25) is 9.97 Å². The summed E-state index contributed by atoms with van der Waals surface area (Å²) in [4.78, 5) is 7.26. The van der Waals surface area contributed by atoms with Crippen LogP contribution in [0, 0.1) is 17.8 Å². The van der Waals surface area contributed by atoms with Crippen molar-refractivity contribution in [2.75, 3.05) is 0 Å². The van der Waals surface area contributed by atoms with Crippen LogP contribution in [0.1, 0.15) is 0 Å². The molecule has 0 aliphatic carbocycles. The zero-order chi connectivity index (χ0) is 10.8. The van der Waals surface area contributed by atoms with E-state index in [0.29, 0.717) is 5.56 Å². The first-order chi connectivity index (χ1) is 7.18. The van der Waals surface area contributed by atoms with Crippen LogP contribution in [0.2, 0.25) is 5.02 Å². The molecule has 2 aromatic rings. The summed E-state index contributed by atoms with van der Waals surface area (Å²) in [5.74, 6) is -1.50. The minimum absolute atomic E-state index is 0.0138. The number of hydrogen-bond acceptors (Lipinski definition) is 2. The Labute approximate surface area is 89.6 Å². The van der Waals surface area contributed by atoms with Crippen LogP contribution in [-0.2, 0) is 0 Å². The van der Waals surface area contributed by atoms with Crippen molar-refractivity contribution in [3.63, 3.8) is 0 Å². The lowest BCUT2D eigenvalue weighted by atomic mass is 10.2. The molecule has 1 radical (unpaired) electrons.